The molecule has 4 heteroatoms. The van der Waals surface area contributed by atoms with E-state index in [-0.39, 0.29) is 0 Å². The van der Waals surface area contributed by atoms with Gasteiger partial charge in [0, 0.05) is 16.6 Å². The Kier molecular flexibility index (Phi) is 11.5. The molecule has 1 N–H and O–H groups in total. The molecule has 3 aromatic carbocycles. The summed E-state index contributed by atoms with van der Waals surface area (Å²) in [6.45, 7) is 7.29. The highest BCUT2D eigenvalue weighted by Crippen LogP contribution is 2.35. The summed E-state index contributed by atoms with van der Waals surface area (Å²) in [5, 5.41) is 17.1. The number of hydrogen-bond donors (Lipinski definition) is 1. The van der Waals surface area contributed by atoms with Crippen LogP contribution in [0.25, 0.3) is 21.5 Å². The summed E-state index contributed by atoms with van der Waals surface area (Å²) >= 11 is 12.7. The highest BCUT2D eigenvalue weighted by atomic mass is 35.5. The van der Waals surface area contributed by atoms with Crippen molar-refractivity contribution < 1.29 is 5.11 Å². The SMILES string of the molecule is CCCCCCCN(CCCCCCC)CC(O)c1cc2ccc(Cl)cc2c2cc(Cl)ccc12. The van der Waals surface area contributed by atoms with Crippen LogP contribution in [0.1, 0.15) is 89.7 Å². The molecule has 0 radical (unpaired) electrons. The number of aliphatic hydroxyl groups excluding tert-OH is 1. The van der Waals surface area contributed by atoms with Crippen molar-refractivity contribution in [3.05, 3.63) is 58.1 Å². The molecule has 1 unspecified atom stereocenters. The molecule has 3 rings (SSSR count). The summed E-state index contributed by atoms with van der Waals surface area (Å²) in [7, 11) is 0. The Morgan fingerprint density at radius 3 is 1.85 bits per heavy atom. The molecule has 34 heavy (non-hydrogen) atoms. The van der Waals surface area contributed by atoms with E-state index < -0.39 is 6.10 Å². The predicted molar refractivity (Wildman–Crippen MR) is 150 cm³/mol. The number of nitrogens with zero attached hydrogens (tertiary/aromatic N) is 1. The minimum Gasteiger partial charge on any atom is -0.387 e. The molecular weight excluding hydrogens is 461 g/mol. The van der Waals surface area contributed by atoms with Crippen LogP contribution in [0.3, 0.4) is 0 Å². The normalized spacial score (nSPS) is 12.8. The molecule has 186 valence electrons. The molecule has 0 bridgehead atoms. The van der Waals surface area contributed by atoms with Gasteiger partial charge in [0.1, 0.15) is 0 Å². The second-order valence-corrected chi connectivity index (χ2v) is 10.5. The topological polar surface area (TPSA) is 23.5 Å². The van der Waals surface area contributed by atoms with E-state index >= 15 is 0 Å². The summed E-state index contributed by atoms with van der Waals surface area (Å²) in [6.07, 6.45) is 12.2. The van der Waals surface area contributed by atoms with Crippen LogP contribution in [-0.4, -0.2) is 29.6 Å². The van der Waals surface area contributed by atoms with Crippen molar-refractivity contribution in [2.75, 3.05) is 19.6 Å². The Bertz CT molecular complexity index is 1020. The van der Waals surface area contributed by atoms with E-state index in [4.69, 9.17) is 23.2 Å². The van der Waals surface area contributed by atoms with Crippen molar-refractivity contribution in [3.8, 4) is 0 Å². The predicted octanol–water partition coefficient (Wildman–Crippen LogP) is 9.58. The minimum atomic E-state index is -0.546. The lowest BCUT2D eigenvalue weighted by molar-refractivity contribution is 0.111. The molecular formula is C30H41Cl2NO. The second kappa shape index (κ2) is 14.3. The lowest BCUT2D eigenvalue weighted by Gasteiger charge is -2.26. The first-order valence-electron chi connectivity index (χ1n) is 13.2. The van der Waals surface area contributed by atoms with Gasteiger partial charge >= 0.3 is 0 Å². The maximum absolute atomic E-state index is 11.5. The Balaban J connectivity index is 1.80. The molecule has 0 heterocycles. The first kappa shape index (κ1) is 27.3. The maximum Gasteiger partial charge on any atom is 0.0923 e. The molecule has 1 atom stereocenters. The van der Waals surface area contributed by atoms with Gasteiger partial charge in [0.2, 0.25) is 0 Å². The number of hydrogen-bond acceptors (Lipinski definition) is 2. The smallest absolute Gasteiger partial charge is 0.0923 e. The summed E-state index contributed by atoms with van der Waals surface area (Å²) < 4.78 is 0. The van der Waals surface area contributed by atoms with E-state index in [0.717, 1.165) is 40.2 Å². The van der Waals surface area contributed by atoms with Crippen LogP contribution >= 0.6 is 23.2 Å². The highest BCUT2D eigenvalue weighted by Gasteiger charge is 2.18. The third-order valence-corrected chi connectivity index (χ3v) is 7.33. The van der Waals surface area contributed by atoms with Gasteiger partial charge in [-0.3, -0.25) is 0 Å². The minimum absolute atomic E-state index is 0.546. The van der Waals surface area contributed by atoms with Crippen molar-refractivity contribution in [3.63, 3.8) is 0 Å². The van der Waals surface area contributed by atoms with Gasteiger partial charge in [-0.2, -0.15) is 0 Å². The standard InChI is InChI=1S/C30H41Cl2NO/c1-3-5-7-9-11-17-33(18-12-10-8-6-4-2)22-30(34)29-19-23-13-14-24(31)20-27(23)28-21-25(32)15-16-26(28)29/h13-16,19-21,30,34H,3-12,17-18,22H2,1-2H3. The Labute approximate surface area is 216 Å². The van der Waals surface area contributed by atoms with E-state index in [1.165, 1.54) is 64.2 Å². The van der Waals surface area contributed by atoms with Gasteiger partial charge in [-0.25, -0.2) is 0 Å². The van der Waals surface area contributed by atoms with Gasteiger partial charge in [-0.15, -0.1) is 0 Å². The Hall–Kier alpha value is -1.32. The molecule has 0 amide bonds. The average molecular weight is 503 g/mol. The summed E-state index contributed by atoms with van der Waals surface area (Å²) in [4.78, 5) is 2.48. The Morgan fingerprint density at radius 1 is 0.676 bits per heavy atom. The molecule has 3 aromatic rings. The molecule has 0 aromatic heterocycles. The van der Waals surface area contributed by atoms with Gasteiger partial charge in [0.25, 0.3) is 0 Å². The van der Waals surface area contributed by atoms with Gasteiger partial charge in [-0.1, -0.05) is 101 Å². The van der Waals surface area contributed by atoms with Crippen LogP contribution in [0.5, 0.6) is 0 Å². The van der Waals surface area contributed by atoms with Crippen molar-refractivity contribution in [2.24, 2.45) is 0 Å². The third-order valence-electron chi connectivity index (χ3n) is 6.86. The fourth-order valence-electron chi connectivity index (χ4n) is 4.91. The van der Waals surface area contributed by atoms with Crippen LogP contribution < -0.4 is 0 Å². The van der Waals surface area contributed by atoms with E-state index in [0.29, 0.717) is 16.6 Å². The number of benzene rings is 3. The van der Waals surface area contributed by atoms with Crippen LogP contribution in [0.4, 0.5) is 0 Å². The quantitative estimate of drug-likeness (QED) is 0.165. The van der Waals surface area contributed by atoms with E-state index in [2.05, 4.69) is 24.8 Å². The molecule has 0 aliphatic heterocycles. The zero-order valence-corrected chi connectivity index (χ0v) is 22.5. The maximum atomic E-state index is 11.5. The number of aliphatic hydroxyl groups is 1. The first-order valence-corrected chi connectivity index (χ1v) is 14.0. The van der Waals surface area contributed by atoms with Crippen LogP contribution in [0.2, 0.25) is 10.0 Å². The van der Waals surface area contributed by atoms with Gasteiger partial charge in [0.15, 0.2) is 0 Å². The van der Waals surface area contributed by atoms with Crippen molar-refractivity contribution >= 4 is 44.7 Å². The van der Waals surface area contributed by atoms with Crippen molar-refractivity contribution in [1.82, 2.24) is 4.90 Å². The zero-order chi connectivity index (χ0) is 24.3. The number of rotatable bonds is 15. The van der Waals surface area contributed by atoms with Crippen LogP contribution in [0, 0.1) is 0 Å². The van der Waals surface area contributed by atoms with E-state index in [1.807, 2.05) is 36.4 Å². The molecule has 0 saturated carbocycles. The van der Waals surface area contributed by atoms with Gasteiger partial charge in [-0.05, 0) is 83.4 Å². The number of fused-ring (bicyclic) bond motifs is 3. The lowest BCUT2D eigenvalue weighted by Crippen LogP contribution is -2.31. The molecule has 0 aliphatic carbocycles. The van der Waals surface area contributed by atoms with Crippen LogP contribution in [-0.2, 0) is 0 Å². The van der Waals surface area contributed by atoms with Crippen molar-refractivity contribution in [2.45, 2.75) is 84.2 Å². The van der Waals surface area contributed by atoms with Gasteiger partial charge in [0.05, 0.1) is 6.10 Å². The third kappa shape index (κ3) is 7.85. The number of unbranched alkanes of at least 4 members (excludes halogenated alkanes) is 8. The molecule has 0 fully saturated rings. The van der Waals surface area contributed by atoms with E-state index in [9.17, 15) is 5.11 Å². The molecule has 0 aliphatic rings. The Morgan fingerprint density at radius 2 is 1.24 bits per heavy atom. The largest absolute Gasteiger partial charge is 0.387 e. The average Bonchev–Trinajstić information content (AvgIpc) is 2.83. The lowest BCUT2D eigenvalue weighted by atomic mass is 9.94. The molecule has 0 spiro atoms. The zero-order valence-electron chi connectivity index (χ0n) is 21.0. The van der Waals surface area contributed by atoms with Crippen LogP contribution in [0.15, 0.2) is 42.5 Å². The first-order chi connectivity index (χ1) is 16.5. The fraction of sp³-hybridized carbons (Fsp3) is 0.533. The summed E-state index contributed by atoms with van der Waals surface area (Å²) in [5.41, 5.74) is 0.975. The second-order valence-electron chi connectivity index (χ2n) is 9.67. The summed E-state index contributed by atoms with van der Waals surface area (Å²) in [5.74, 6) is 0. The van der Waals surface area contributed by atoms with E-state index in [1.54, 1.807) is 0 Å². The van der Waals surface area contributed by atoms with Crippen molar-refractivity contribution in [1.29, 1.82) is 0 Å². The highest BCUT2D eigenvalue weighted by molar-refractivity contribution is 6.33. The monoisotopic (exact) mass is 501 g/mol. The fourth-order valence-corrected chi connectivity index (χ4v) is 5.26. The molecule has 0 saturated heterocycles. The number of halogens is 2. The molecule has 2 nitrogen and oxygen atoms in total. The van der Waals surface area contributed by atoms with Gasteiger partial charge < -0.3 is 10.0 Å². The summed E-state index contributed by atoms with van der Waals surface area (Å²) in [6, 6.07) is 14.0.